The van der Waals surface area contributed by atoms with Crippen LogP contribution in [-0.4, -0.2) is 50.8 Å². The number of urea groups is 1. The molecule has 0 aliphatic carbocycles. The molecule has 1 heterocycles. The molecule has 0 radical (unpaired) electrons. The van der Waals surface area contributed by atoms with E-state index in [4.69, 9.17) is 16.3 Å². The third-order valence-electron chi connectivity index (χ3n) is 4.82. The van der Waals surface area contributed by atoms with E-state index in [1.54, 1.807) is 7.11 Å². The zero-order valence-electron chi connectivity index (χ0n) is 15.9. The number of carbonyl (C=O) groups excluding carboxylic acids is 1. The van der Waals surface area contributed by atoms with Gasteiger partial charge in [-0.05, 0) is 48.7 Å². The first kappa shape index (κ1) is 19.4. The standard InChI is InChI=1S/C21H26ClN3O2/c1-16-6-7-20(27-2)19(14-16)24-10-12-25(13-11-24)21(26)23-9-8-17-4-3-5-18(22)15-17/h3-7,14-15H,8-13H2,1-2H3,(H,23,26). The molecule has 1 aliphatic heterocycles. The largest absolute Gasteiger partial charge is 0.495 e. The third-order valence-corrected chi connectivity index (χ3v) is 5.06. The van der Waals surface area contributed by atoms with Crippen molar-refractivity contribution in [2.24, 2.45) is 0 Å². The van der Waals surface area contributed by atoms with E-state index in [0.717, 1.165) is 41.5 Å². The summed E-state index contributed by atoms with van der Waals surface area (Å²) in [6.45, 7) is 5.65. The van der Waals surface area contributed by atoms with Gasteiger partial charge in [0.25, 0.3) is 0 Å². The third kappa shape index (κ3) is 5.07. The number of halogens is 1. The summed E-state index contributed by atoms with van der Waals surface area (Å²) in [6.07, 6.45) is 0.771. The summed E-state index contributed by atoms with van der Waals surface area (Å²) in [5.74, 6) is 0.875. The van der Waals surface area contributed by atoms with Crippen LogP contribution in [0.15, 0.2) is 42.5 Å². The van der Waals surface area contributed by atoms with Crippen molar-refractivity contribution in [3.8, 4) is 5.75 Å². The van der Waals surface area contributed by atoms with Crippen molar-refractivity contribution >= 4 is 23.3 Å². The number of nitrogens with one attached hydrogen (secondary N) is 1. The molecule has 0 bridgehead atoms. The van der Waals surface area contributed by atoms with Gasteiger partial charge in [-0.2, -0.15) is 0 Å². The minimum absolute atomic E-state index is 0.00659. The number of anilines is 1. The topological polar surface area (TPSA) is 44.8 Å². The van der Waals surface area contributed by atoms with E-state index < -0.39 is 0 Å². The van der Waals surface area contributed by atoms with Crippen molar-refractivity contribution in [3.05, 3.63) is 58.6 Å². The molecule has 2 aromatic carbocycles. The van der Waals surface area contributed by atoms with Crippen LogP contribution in [0.25, 0.3) is 0 Å². The van der Waals surface area contributed by atoms with Crippen LogP contribution in [0.1, 0.15) is 11.1 Å². The Balaban J connectivity index is 1.49. The van der Waals surface area contributed by atoms with Crippen molar-refractivity contribution in [1.29, 1.82) is 0 Å². The van der Waals surface area contributed by atoms with E-state index in [0.29, 0.717) is 19.6 Å². The molecule has 1 aliphatic rings. The molecule has 0 atom stereocenters. The van der Waals surface area contributed by atoms with E-state index in [1.807, 2.05) is 41.3 Å². The van der Waals surface area contributed by atoms with E-state index >= 15 is 0 Å². The summed E-state index contributed by atoms with van der Waals surface area (Å²) >= 11 is 5.99. The van der Waals surface area contributed by atoms with Crippen LogP contribution in [-0.2, 0) is 6.42 Å². The second-order valence-electron chi connectivity index (χ2n) is 6.76. The number of methoxy groups -OCH3 is 1. The Morgan fingerprint density at radius 3 is 2.63 bits per heavy atom. The van der Waals surface area contributed by atoms with E-state index in [-0.39, 0.29) is 6.03 Å². The summed E-state index contributed by atoms with van der Waals surface area (Å²) in [6, 6.07) is 13.9. The Morgan fingerprint density at radius 2 is 1.93 bits per heavy atom. The molecule has 144 valence electrons. The summed E-state index contributed by atoms with van der Waals surface area (Å²) in [7, 11) is 1.69. The summed E-state index contributed by atoms with van der Waals surface area (Å²) < 4.78 is 5.49. The highest BCUT2D eigenvalue weighted by molar-refractivity contribution is 6.30. The maximum absolute atomic E-state index is 12.4. The molecule has 1 saturated heterocycles. The van der Waals surface area contributed by atoms with Gasteiger partial charge < -0.3 is 19.9 Å². The minimum Gasteiger partial charge on any atom is -0.495 e. The minimum atomic E-state index is -0.00659. The number of ether oxygens (including phenoxy) is 1. The van der Waals surface area contributed by atoms with Crippen molar-refractivity contribution in [2.75, 3.05) is 44.7 Å². The highest BCUT2D eigenvalue weighted by Gasteiger charge is 2.22. The van der Waals surface area contributed by atoms with Gasteiger partial charge >= 0.3 is 6.03 Å². The maximum Gasteiger partial charge on any atom is 0.317 e. The van der Waals surface area contributed by atoms with Crippen LogP contribution in [0.3, 0.4) is 0 Å². The van der Waals surface area contributed by atoms with E-state index in [9.17, 15) is 4.79 Å². The van der Waals surface area contributed by atoms with E-state index in [2.05, 4.69) is 23.2 Å². The molecule has 0 spiro atoms. The Kier molecular flexibility index (Phi) is 6.45. The fourth-order valence-corrected chi connectivity index (χ4v) is 3.53. The Bertz CT molecular complexity index is 789. The van der Waals surface area contributed by atoms with Gasteiger partial charge in [0.05, 0.1) is 12.8 Å². The molecule has 6 heteroatoms. The highest BCUT2D eigenvalue weighted by Crippen LogP contribution is 2.30. The number of rotatable bonds is 5. The van der Waals surface area contributed by atoms with Crippen LogP contribution in [0.5, 0.6) is 5.75 Å². The van der Waals surface area contributed by atoms with Gasteiger partial charge in [0.1, 0.15) is 5.75 Å². The monoisotopic (exact) mass is 387 g/mol. The number of nitrogens with zero attached hydrogens (tertiary/aromatic N) is 2. The van der Waals surface area contributed by atoms with Gasteiger partial charge in [-0.25, -0.2) is 4.79 Å². The molecule has 3 rings (SSSR count). The van der Waals surface area contributed by atoms with Gasteiger partial charge in [-0.3, -0.25) is 0 Å². The lowest BCUT2D eigenvalue weighted by Gasteiger charge is -2.36. The second kappa shape index (κ2) is 9.00. The van der Waals surface area contributed by atoms with Gasteiger partial charge in [0.15, 0.2) is 0 Å². The van der Waals surface area contributed by atoms with Gasteiger partial charge in [0, 0.05) is 37.7 Å². The lowest BCUT2D eigenvalue weighted by molar-refractivity contribution is 0.194. The number of amides is 2. The molecular weight excluding hydrogens is 362 g/mol. The lowest BCUT2D eigenvalue weighted by atomic mass is 10.1. The zero-order valence-corrected chi connectivity index (χ0v) is 16.6. The van der Waals surface area contributed by atoms with Crippen molar-refractivity contribution < 1.29 is 9.53 Å². The van der Waals surface area contributed by atoms with Crippen LogP contribution in [0.2, 0.25) is 5.02 Å². The Morgan fingerprint density at radius 1 is 1.15 bits per heavy atom. The average Bonchev–Trinajstić information content (AvgIpc) is 2.68. The van der Waals surface area contributed by atoms with Gasteiger partial charge in [-0.15, -0.1) is 0 Å². The summed E-state index contributed by atoms with van der Waals surface area (Å²) in [5.41, 5.74) is 3.42. The second-order valence-corrected chi connectivity index (χ2v) is 7.20. The summed E-state index contributed by atoms with van der Waals surface area (Å²) in [5, 5.41) is 3.73. The first-order chi connectivity index (χ1) is 13.1. The molecule has 1 fully saturated rings. The van der Waals surface area contributed by atoms with Crippen molar-refractivity contribution in [2.45, 2.75) is 13.3 Å². The number of benzene rings is 2. The van der Waals surface area contributed by atoms with Crippen molar-refractivity contribution in [3.63, 3.8) is 0 Å². The zero-order chi connectivity index (χ0) is 19.2. The lowest BCUT2D eigenvalue weighted by Crippen LogP contribution is -2.52. The van der Waals surface area contributed by atoms with Crippen LogP contribution < -0.4 is 15.0 Å². The number of carbonyl (C=O) groups is 1. The molecule has 27 heavy (non-hydrogen) atoms. The molecule has 0 aromatic heterocycles. The molecular formula is C21H26ClN3O2. The fraction of sp³-hybridized carbons (Fsp3) is 0.381. The SMILES string of the molecule is COc1ccc(C)cc1N1CCN(C(=O)NCCc2cccc(Cl)c2)CC1. The Labute approximate surface area is 165 Å². The maximum atomic E-state index is 12.4. The summed E-state index contributed by atoms with van der Waals surface area (Å²) in [4.78, 5) is 16.6. The molecule has 2 aromatic rings. The predicted octanol–water partition coefficient (Wildman–Crippen LogP) is 3.73. The molecule has 0 unspecified atom stereocenters. The number of piperazine rings is 1. The van der Waals surface area contributed by atoms with Crippen molar-refractivity contribution in [1.82, 2.24) is 10.2 Å². The average molecular weight is 388 g/mol. The predicted molar refractivity (Wildman–Crippen MR) is 110 cm³/mol. The number of hydrogen-bond donors (Lipinski definition) is 1. The van der Waals surface area contributed by atoms with Gasteiger partial charge in [0.2, 0.25) is 0 Å². The molecule has 1 N–H and O–H groups in total. The highest BCUT2D eigenvalue weighted by atomic mass is 35.5. The molecule has 2 amide bonds. The normalized spacial score (nSPS) is 14.2. The van der Waals surface area contributed by atoms with Crippen LogP contribution in [0.4, 0.5) is 10.5 Å². The molecule has 5 nitrogen and oxygen atoms in total. The first-order valence-corrected chi connectivity index (χ1v) is 9.61. The van der Waals surface area contributed by atoms with Gasteiger partial charge in [-0.1, -0.05) is 29.8 Å². The quantitative estimate of drug-likeness (QED) is 0.850. The Hall–Kier alpha value is -2.40. The first-order valence-electron chi connectivity index (χ1n) is 9.23. The number of aryl methyl sites for hydroxylation is 1. The fourth-order valence-electron chi connectivity index (χ4n) is 3.32. The van der Waals surface area contributed by atoms with Crippen LogP contribution in [0, 0.1) is 6.92 Å². The van der Waals surface area contributed by atoms with E-state index in [1.165, 1.54) is 5.56 Å². The number of hydrogen-bond acceptors (Lipinski definition) is 3. The smallest absolute Gasteiger partial charge is 0.317 e. The van der Waals surface area contributed by atoms with Crippen LogP contribution >= 0.6 is 11.6 Å². The molecule has 0 saturated carbocycles.